The summed E-state index contributed by atoms with van der Waals surface area (Å²) in [7, 11) is 0. The summed E-state index contributed by atoms with van der Waals surface area (Å²) < 4.78 is 11.5. The summed E-state index contributed by atoms with van der Waals surface area (Å²) >= 11 is 0. The Morgan fingerprint density at radius 1 is 1.00 bits per heavy atom. The van der Waals surface area contributed by atoms with Crippen molar-refractivity contribution in [3.8, 4) is 22.9 Å². The highest BCUT2D eigenvalue weighted by Crippen LogP contribution is 2.31. The van der Waals surface area contributed by atoms with Crippen molar-refractivity contribution in [3.05, 3.63) is 48.0 Å². The minimum absolute atomic E-state index is 0.219. The molecule has 0 fully saturated rings. The molecule has 0 aliphatic rings. The number of rotatable bonds is 9. The number of aromatic nitrogens is 4. The molecule has 1 aromatic heterocycles. The van der Waals surface area contributed by atoms with Crippen LogP contribution in [0.25, 0.3) is 11.4 Å². The number of anilines is 1. The molecule has 1 heterocycles. The van der Waals surface area contributed by atoms with E-state index in [1.807, 2.05) is 19.9 Å². The molecule has 2 aromatic carbocycles. The van der Waals surface area contributed by atoms with Gasteiger partial charge in [-0.05, 0) is 42.3 Å². The molecule has 3 rings (SSSR count). The Morgan fingerprint density at radius 2 is 1.71 bits per heavy atom. The lowest BCUT2D eigenvalue weighted by molar-refractivity contribution is 0.102. The molecule has 0 unspecified atom stereocenters. The van der Waals surface area contributed by atoms with Crippen molar-refractivity contribution >= 4 is 11.6 Å². The zero-order valence-electron chi connectivity index (χ0n) is 15.9. The van der Waals surface area contributed by atoms with Crippen molar-refractivity contribution < 1.29 is 14.3 Å². The quantitative estimate of drug-likeness (QED) is 0.586. The van der Waals surface area contributed by atoms with Crippen molar-refractivity contribution in [1.82, 2.24) is 20.6 Å². The van der Waals surface area contributed by atoms with Gasteiger partial charge in [0.25, 0.3) is 5.91 Å². The van der Waals surface area contributed by atoms with Gasteiger partial charge in [-0.25, -0.2) is 0 Å². The number of ether oxygens (including phenoxy) is 2. The molecule has 2 N–H and O–H groups in total. The van der Waals surface area contributed by atoms with Gasteiger partial charge in [0.2, 0.25) is 5.82 Å². The molecule has 0 aliphatic heterocycles. The van der Waals surface area contributed by atoms with Gasteiger partial charge in [0, 0.05) is 22.9 Å². The van der Waals surface area contributed by atoms with Crippen molar-refractivity contribution in [2.24, 2.45) is 0 Å². The number of carbonyl (C=O) groups excluding carboxylic acids is 1. The van der Waals surface area contributed by atoms with E-state index in [-0.39, 0.29) is 5.91 Å². The Balaban J connectivity index is 1.72. The van der Waals surface area contributed by atoms with Gasteiger partial charge in [-0.3, -0.25) is 4.79 Å². The highest BCUT2D eigenvalue weighted by Gasteiger charge is 2.11. The Hall–Kier alpha value is -3.42. The molecule has 0 radical (unpaired) electrons. The molecular weight excluding hydrogens is 358 g/mol. The van der Waals surface area contributed by atoms with Gasteiger partial charge >= 0.3 is 0 Å². The van der Waals surface area contributed by atoms with Crippen molar-refractivity contribution in [1.29, 1.82) is 0 Å². The third-order valence-electron chi connectivity index (χ3n) is 3.88. The fourth-order valence-corrected chi connectivity index (χ4v) is 2.50. The van der Waals surface area contributed by atoms with Crippen LogP contribution in [0, 0.1) is 0 Å². The molecule has 1 amide bonds. The first-order valence-electron chi connectivity index (χ1n) is 9.26. The van der Waals surface area contributed by atoms with Gasteiger partial charge < -0.3 is 14.8 Å². The molecule has 0 saturated carbocycles. The van der Waals surface area contributed by atoms with Crippen LogP contribution >= 0.6 is 0 Å². The van der Waals surface area contributed by atoms with E-state index in [0.29, 0.717) is 41.8 Å². The Labute approximate surface area is 163 Å². The number of nitrogens with one attached hydrogen (secondary N) is 2. The standard InChI is InChI=1S/C20H23N5O3/c1-3-11-27-17-10-9-16(13-18(17)28-12-4-2)21-20(26)15-7-5-14(6-8-15)19-22-24-25-23-19/h5-10,13H,3-4,11-12H2,1-2H3,(H,21,26)(H,22,23,24,25). The highest BCUT2D eigenvalue weighted by atomic mass is 16.5. The zero-order valence-corrected chi connectivity index (χ0v) is 15.9. The first kappa shape index (κ1) is 19.3. The highest BCUT2D eigenvalue weighted by molar-refractivity contribution is 6.04. The fraction of sp³-hybridized carbons (Fsp3) is 0.300. The number of carbonyl (C=O) groups is 1. The zero-order chi connectivity index (χ0) is 19.8. The second kappa shape index (κ2) is 9.50. The fourth-order valence-electron chi connectivity index (χ4n) is 2.50. The van der Waals surface area contributed by atoms with Crippen LogP contribution in [0.15, 0.2) is 42.5 Å². The van der Waals surface area contributed by atoms with E-state index in [1.54, 1.807) is 36.4 Å². The van der Waals surface area contributed by atoms with E-state index in [9.17, 15) is 4.79 Å². The van der Waals surface area contributed by atoms with Crippen molar-refractivity contribution in [3.63, 3.8) is 0 Å². The second-order valence-electron chi connectivity index (χ2n) is 6.13. The van der Waals surface area contributed by atoms with Gasteiger partial charge in [-0.15, -0.1) is 10.2 Å². The predicted octanol–water partition coefficient (Wildman–Crippen LogP) is 3.70. The van der Waals surface area contributed by atoms with E-state index >= 15 is 0 Å². The Kier molecular flexibility index (Phi) is 6.56. The number of aromatic amines is 1. The van der Waals surface area contributed by atoms with Crippen LogP contribution in [0.1, 0.15) is 37.0 Å². The van der Waals surface area contributed by atoms with Gasteiger partial charge in [0.15, 0.2) is 11.5 Å². The molecule has 0 bridgehead atoms. The average molecular weight is 381 g/mol. The predicted molar refractivity (Wildman–Crippen MR) is 106 cm³/mol. The van der Waals surface area contributed by atoms with Gasteiger partial charge in [-0.1, -0.05) is 26.0 Å². The minimum atomic E-state index is -0.219. The SMILES string of the molecule is CCCOc1ccc(NC(=O)c2ccc(-c3nn[nH]n3)cc2)cc1OCCC. The first-order chi connectivity index (χ1) is 13.7. The van der Waals surface area contributed by atoms with Gasteiger partial charge in [0.05, 0.1) is 13.2 Å². The van der Waals surface area contributed by atoms with Crippen LogP contribution in [0.4, 0.5) is 5.69 Å². The number of tetrazole rings is 1. The normalized spacial score (nSPS) is 10.5. The molecule has 8 nitrogen and oxygen atoms in total. The summed E-state index contributed by atoms with van der Waals surface area (Å²) in [5.41, 5.74) is 1.94. The van der Waals surface area contributed by atoms with Crippen molar-refractivity contribution in [2.45, 2.75) is 26.7 Å². The maximum atomic E-state index is 12.6. The van der Waals surface area contributed by atoms with E-state index in [0.717, 1.165) is 18.4 Å². The maximum absolute atomic E-state index is 12.6. The van der Waals surface area contributed by atoms with Crippen LogP contribution in [0.2, 0.25) is 0 Å². The van der Waals surface area contributed by atoms with Crippen LogP contribution in [-0.2, 0) is 0 Å². The summed E-state index contributed by atoms with van der Waals surface area (Å²) in [6, 6.07) is 12.4. The number of amides is 1. The summed E-state index contributed by atoms with van der Waals surface area (Å²) in [4.78, 5) is 12.6. The average Bonchev–Trinajstić information content (AvgIpc) is 3.26. The molecule has 28 heavy (non-hydrogen) atoms. The van der Waals surface area contributed by atoms with E-state index in [4.69, 9.17) is 9.47 Å². The molecule has 0 saturated heterocycles. The van der Waals surface area contributed by atoms with Crippen LogP contribution in [0.3, 0.4) is 0 Å². The number of nitrogens with zero attached hydrogens (tertiary/aromatic N) is 3. The third-order valence-corrected chi connectivity index (χ3v) is 3.88. The van der Waals surface area contributed by atoms with Crippen LogP contribution < -0.4 is 14.8 Å². The molecule has 0 aliphatic carbocycles. The lowest BCUT2D eigenvalue weighted by Gasteiger charge is -2.14. The lowest BCUT2D eigenvalue weighted by atomic mass is 10.1. The molecule has 0 atom stereocenters. The topological polar surface area (TPSA) is 102 Å². The Morgan fingerprint density at radius 3 is 2.36 bits per heavy atom. The van der Waals surface area contributed by atoms with Crippen LogP contribution in [-0.4, -0.2) is 39.7 Å². The Bertz CT molecular complexity index is 895. The summed E-state index contributed by atoms with van der Waals surface area (Å²) in [6.07, 6.45) is 1.79. The van der Waals surface area contributed by atoms with Gasteiger partial charge in [-0.2, -0.15) is 5.21 Å². The summed E-state index contributed by atoms with van der Waals surface area (Å²) in [6.45, 7) is 5.28. The second-order valence-corrected chi connectivity index (χ2v) is 6.13. The molecule has 8 heteroatoms. The summed E-state index contributed by atoms with van der Waals surface area (Å²) in [5, 5.41) is 16.7. The maximum Gasteiger partial charge on any atom is 0.255 e. The number of hydrogen-bond donors (Lipinski definition) is 2. The first-order valence-corrected chi connectivity index (χ1v) is 9.26. The smallest absolute Gasteiger partial charge is 0.255 e. The summed E-state index contributed by atoms with van der Waals surface area (Å²) in [5.74, 6) is 1.56. The van der Waals surface area contributed by atoms with E-state index in [2.05, 4.69) is 25.9 Å². The third kappa shape index (κ3) is 4.85. The monoisotopic (exact) mass is 381 g/mol. The number of hydrogen-bond acceptors (Lipinski definition) is 6. The largest absolute Gasteiger partial charge is 0.490 e. The molecule has 3 aromatic rings. The number of H-pyrrole nitrogens is 1. The van der Waals surface area contributed by atoms with Gasteiger partial charge in [0.1, 0.15) is 0 Å². The van der Waals surface area contributed by atoms with Crippen LogP contribution in [0.5, 0.6) is 11.5 Å². The van der Waals surface area contributed by atoms with Crippen molar-refractivity contribution in [2.75, 3.05) is 18.5 Å². The number of benzene rings is 2. The van der Waals surface area contributed by atoms with E-state index in [1.165, 1.54) is 0 Å². The molecular formula is C20H23N5O3. The molecule has 146 valence electrons. The molecule has 0 spiro atoms. The van der Waals surface area contributed by atoms with E-state index < -0.39 is 0 Å². The lowest BCUT2D eigenvalue weighted by Crippen LogP contribution is -2.12. The minimum Gasteiger partial charge on any atom is -0.490 e.